The van der Waals surface area contributed by atoms with Crippen molar-refractivity contribution in [2.24, 2.45) is 0 Å². The average molecular weight is 144 g/mol. The predicted octanol–water partition coefficient (Wildman–Crippen LogP) is 3.04. The first-order chi connectivity index (χ1) is 5.29. The van der Waals surface area contributed by atoms with E-state index >= 15 is 0 Å². The van der Waals surface area contributed by atoms with Gasteiger partial charge >= 0.3 is 0 Å². The Balaban J connectivity index is 2.60. The minimum Gasteiger partial charge on any atom is -0.0654 e. The van der Waals surface area contributed by atoms with Crippen molar-refractivity contribution >= 4 is 5.57 Å². The molecule has 0 heterocycles. The van der Waals surface area contributed by atoms with Gasteiger partial charge in [-0.3, -0.25) is 0 Å². The van der Waals surface area contributed by atoms with Crippen LogP contribution in [0.2, 0.25) is 0 Å². The van der Waals surface area contributed by atoms with Gasteiger partial charge < -0.3 is 0 Å². The van der Waals surface area contributed by atoms with Crippen molar-refractivity contribution in [1.82, 2.24) is 0 Å². The maximum Gasteiger partial charge on any atom is -0.00579 e. The molecule has 0 N–H and O–H groups in total. The second kappa shape index (κ2) is 2.23. The largest absolute Gasteiger partial charge is 0.0654 e. The zero-order valence-corrected chi connectivity index (χ0v) is 7.02. The molecule has 1 aliphatic rings. The van der Waals surface area contributed by atoms with E-state index in [9.17, 15) is 0 Å². The van der Waals surface area contributed by atoms with Crippen LogP contribution in [0.3, 0.4) is 0 Å². The van der Waals surface area contributed by atoms with Gasteiger partial charge in [-0.15, -0.1) is 0 Å². The van der Waals surface area contributed by atoms with Crippen LogP contribution in [0.5, 0.6) is 0 Å². The molecule has 0 saturated carbocycles. The van der Waals surface area contributed by atoms with Crippen molar-refractivity contribution in [3.05, 3.63) is 41.0 Å². The summed E-state index contributed by atoms with van der Waals surface area (Å²) >= 11 is 0. The summed E-state index contributed by atoms with van der Waals surface area (Å²) in [5, 5.41) is 0. The van der Waals surface area contributed by atoms with Crippen LogP contribution in [0.1, 0.15) is 25.0 Å². The minimum absolute atomic E-state index is 1.15. The van der Waals surface area contributed by atoms with Crippen molar-refractivity contribution in [1.29, 1.82) is 0 Å². The molecule has 0 aromatic heterocycles. The monoisotopic (exact) mass is 144 g/mol. The van der Waals surface area contributed by atoms with E-state index in [1.165, 1.54) is 22.3 Å². The molecule has 0 unspecified atom stereocenters. The maximum atomic E-state index is 2.22. The topological polar surface area (TPSA) is 0 Å². The maximum absolute atomic E-state index is 2.22. The zero-order chi connectivity index (χ0) is 7.84. The summed E-state index contributed by atoms with van der Waals surface area (Å²) in [7, 11) is 0. The van der Waals surface area contributed by atoms with Crippen molar-refractivity contribution < 1.29 is 0 Å². The molecule has 0 saturated heterocycles. The lowest BCUT2D eigenvalue weighted by molar-refractivity contribution is 1.19. The molecule has 0 radical (unpaired) electrons. The van der Waals surface area contributed by atoms with Gasteiger partial charge in [-0.05, 0) is 37.0 Å². The summed E-state index contributed by atoms with van der Waals surface area (Å²) in [5.74, 6) is 0. The fraction of sp³-hybridized carbons (Fsp3) is 0.273. The molecule has 1 aromatic carbocycles. The third-order valence-corrected chi connectivity index (χ3v) is 2.52. The Morgan fingerprint density at radius 3 is 2.55 bits per heavy atom. The van der Waals surface area contributed by atoms with E-state index in [-0.39, 0.29) is 0 Å². The Bertz CT molecular complexity index is 319. The van der Waals surface area contributed by atoms with Gasteiger partial charge in [0.15, 0.2) is 0 Å². The Kier molecular flexibility index (Phi) is 1.35. The quantitative estimate of drug-likeness (QED) is 0.525. The second-order valence-electron chi connectivity index (χ2n) is 3.24. The lowest BCUT2D eigenvalue weighted by Crippen LogP contribution is -1.80. The van der Waals surface area contributed by atoms with Gasteiger partial charge in [-0.1, -0.05) is 29.8 Å². The summed E-state index contributed by atoms with van der Waals surface area (Å²) in [6.07, 6.45) is 1.15. The molecule has 1 aromatic rings. The van der Waals surface area contributed by atoms with Gasteiger partial charge in [0.25, 0.3) is 0 Å². The van der Waals surface area contributed by atoms with Gasteiger partial charge in [0, 0.05) is 0 Å². The van der Waals surface area contributed by atoms with E-state index in [1.807, 2.05) is 0 Å². The Hall–Kier alpha value is -1.04. The summed E-state index contributed by atoms with van der Waals surface area (Å²) in [6, 6.07) is 8.65. The predicted molar refractivity (Wildman–Crippen MR) is 48.4 cm³/mol. The molecule has 0 bridgehead atoms. The molecule has 0 nitrogen and oxygen atoms in total. The first-order valence-electron chi connectivity index (χ1n) is 4.03. The molecule has 0 atom stereocenters. The Labute approximate surface area is 67.6 Å². The number of allylic oxidation sites excluding steroid dienone is 2. The average Bonchev–Trinajstić information content (AvgIpc) is 2.30. The lowest BCUT2D eigenvalue weighted by atomic mass is 10.1. The fourth-order valence-electron chi connectivity index (χ4n) is 1.69. The highest BCUT2D eigenvalue weighted by Crippen LogP contribution is 2.31. The summed E-state index contributed by atoms with van der Waals surface area (Å²) in [6.45, 7) is 4.43. The molecule has 56 valence electrons. The van der Waals surface area contributed by atoms with Gasteiger partial charge in [0.2, 0.25) is 0 Å². The number of rotatable bonds is 0. The van der Waals surface area contributed by atoms with Gasteiger partial charge in [-0.25, -0.2) is 0 Å². The van der Waals surface area contributed by atoms with Crippen molar-refractivity contribution in [2.45, 2.75) is 20.3 Å². The van der Waals surface area contributed by atoms with Crippen LogP contribution >= 0.6 is 0 Å². The van der Waals surface area contributed by atoms with E-state index < -0.39 is 0 Å². The zero-order valence-electron chi connectivity index (χ0n) is 7.02. The van der Waals surface area contributed by atoms with Gasteiger partial charge in [0.05, 0.1) is 0 Å². The van der Waals surface area contributed by atoms with Crippen LogP contribution in [-0.4, -0.2) is 0 Å². The lowest BCUT2D eigenvalue weighted by Gasteiger charge is -1.97. The summed E-state index contributed by atoms with van der Waals surface area (Å²) in [4.78, 5) is 0. The normalized spacial score (nSPS) is 15.5. The highest BCUT2D eigenvalue weighted by Gasteiger charge is 2.13. The van der Waals surface area contributed by atoms with Crippen LogP contribution in [0.25, 0.3) is 5.57 Å². The standard InChI is InChI=1S/C11H12/c1-8-7-10-5-3-4-6-11(10)9(8)2/h3-6H,7H2,1-2H3. The molecular formula is C11H12. The number of benzene rings is 1. The molecule has 0 spiro atoms. The Morgan fingerprint density at radius 2 is 1.82 bits per heavy atom. The molecule has 0 heteroatoms. The van der Waals surface area contributed by atoms with Gasteiger partial charge in [-0.2, -0.15) is 0 Å². The van der Waals surface area contributed by atoms with Crippen LogP contribution in [0.4, 0.5) is 0 Å². The fourth-order valence-corrected chi connectivity index (χ4v) is 1.69. The molecule has 1 aliphatic carbocycles. The first kappa shape index (κ1) is 6.66. The summed E-state index contributed by atoms with van der Waals surface area (Å²) in [5.41, 5.74) is 5.93. The molecule has 11 heavy (non-hydrogen) atoms. The van der Waals surface area contributed by atoms with Crippen molar-refractivity contribution in [2.75, 3.05) is 0 Å². The SMILES string of the molecule is CC1=C(C)c2ccccc2C1. The van der Waals surface area contributed by atoms with E-state index in [4.69, 9.17) is 0 Å². The molecule has 0 aliphatic heterocycles. The van der Waals surface area contributed by atoms with E-state index in [1.54, 1.807) is 0 Å². The van der Waals surface area contributed by atoms with Crippen LogP contribution in [-0.2, 0) is 6.42 Å². The smallest absolute Gasteiger partial charge is 0.00579 e. The van der Waals surface area contributed by atoms with Crippen molar-refractivity contribution in [3.8, 4) is 0 Å². The van der Waals surface area contributed by atoms with Gasteiger partial charge in [0.1, 0.15) is 0 Å². The highest BCUT2D eigenvalue weighted by molar-refractivity contribution is 5.74. The number of fused-ring (bicyclic) bond motifs is 1. The first-order valence-corrected chi connectivity index (χ1v) is 4.03. The highest BCUT2D eigenvalue weighted by atomic mass is 14.2. The molecular weight excluding hydrogens is 132 g/mol. The number of hydrogen-bond acceptors (Lipinski definition) is 0. The third-order valence-electron chi connectivity index (χ3n) is 2.52. The van der Waals surface area contributed by atoms with Crippen LogP contribution in [0.15, 0.2) is 29.8 Å². The minimum atomic E-state index is 1.15. The van der Waals surface area contributed by atoms with Crippen LogP contribution in [0, 0.1) is 0 Å². The van der Waals surface area contributed by atoms with Crippen LogP contribution < -0.4 is 0 Å². The van der Waals surface area contributed by atoms with E-state index in [2.05, 4.69) is 38.1 Å². The second-order valence-corrected chi connectivity index (χ2v) is 3.24. The summed E-state index contributed by atoms with van der Waals surface area (Å²) < 4.78 is 0. The van der Waals surface area contributed by atoms with Crippen molar-refractivity contribution in [3.63, 3.8) is 0 Å². The molecule has 0 fully saturated rings. The molecule has 0 amide bonds. The van der Waals surface area contributed by atoms with E-state index in [0.29, 0.717) is 0 Å². The van der Waals surface area contributed by atoms with E-state index in [0.717, 1.165) is 6.42 Å². The number of hydrogen-bond donors (Lipinski definition) is 0. The Morgan fingerprint density at radius 1 is 1.09 bits per heavy atom. The third kappa shape index (κ3) is 0.900. The molecule has 2 rings (SSSR count).